The number of piperidine rings is 1. The van der Waals surface area contributed by atoms with Gasteiger partial charge in [-0.3, -0.25) is 4.40 Å². The predicted molar refractivity (Wildman–Crippen MR) is 125 cm³/mol. The normalized spacial score (nSPS) is 15.2. The maximum absolute atomic E-state index is 11.8. The van der Waals surface area contributed by atoms with Gasteiger partial charge in [0.05, 0.1) is 11.4 Å². The van der Waals surface area contributed by atoms with E-state index in [1.54, 1.807) is 31.6 Å². The monoisotopic (exact) mass is 464 g/mol. The number of anilines is 3. The van der Waals surface area contributed by atoms with Crippen molar-refractivity contribution in [3.05, 3.63) is 60.6 Å². The summed E-state index contributed by atoms with van der Waals surface area (Å²) in [7, 11) is -3.36. The number of nitrogens with zero attached hydrogens (tertiary/aromatic N) is 7. The third-order valence-corrected chi connectivity index (χ3v) is 6.89. The van der Waals surface area contributed by atoms with Gasteiger partial charge in [-0.05, 0) is 38.0 Å². The number of aryl methyl sites for hydroxylation is 1. The van der Waals surface area contributed by atoms with Crippen LogP contribution in [0.2, 0.25) is 0 Å². The fourth-order valence-electron chi connectivity index (χ4n) is 4.16. The van der Waals surface area contributed by atoms with Crippen LogP contribution in [0.25, 0.3) is 5.65 Å². The van der Waals surface area contributed by atoms with E-state index in [9.17, 15) is 8.42 Å². The summed E-state index contributed by atoms with van der Waals surface area (Å²) in [6.07, 6.45) is 12.2. The summed E-state index contributed by atoms with van der Waals surface area (Å²) in [6, 6.07) is 5.02. The molecule has 5 rings (SSSR count). The van der Waals surface area contributed by atoms with Crippen molar-refractivity contribution < 1.29 is 8.42 Å². The van der Waals surface area contributed by atoms with Crippen LogP contribution in [0.1, 0.15) is 30.1 Å². The molecule has 0 saturated carbocycles. The van der Waals surface area contributed by atoms with Gasteiger partial charge in [0, 0.05) is 61.9 Å². The largest absolute Gasteiger partial charge is 0.341 e. The lowest BCUT2D eigenvalue weighted by molar-refractivity contribution is 0.488. The molecule has 0 spiro atoms. The Bertz CT molecular complexity index is 1400. The standard InChI is InChI=1S/C22H24N8O2S/c1-15-17(4-5-19(27-15)33(2,31)32)28-20-21-26-14-18(30(21)13-10-23-20)16-6-11-29(12-7-16)22-24-8-3-9-25-22/h3-5,8-10,13-14,16H,6-7,11-12H2,1-2H3,(H,23,28). The van der Waals surface area contributed by atoms with Crippen molar-refractivity contribution in [2.24, 2.45) is 0 Å². The van der Waals surface area contributed by atoms with Crippen LogP contribution in [0.4, 0.5) is 17.5 Å². The van der Waals surface area contributed by atoms with Crippen molar-refractivity contribution in [1.82, 2.24) is 29.3 Å². The zero-order valence-electron chi connectivity index (χ0n) is 18.4. The smallest absolute Gasteiger partial charge is 0.225 e. The number of hydrogen-bond acceptors (Lipinski definition) is 9. The van der Waals surface area contributed by atoms with E-state index in [-0.39, 0.29) is 5.03 Å². The van der Waals surface area contributed by atoms with Gasteiger partial charge >= 0.3 is 0 Å². The van der Waals surface area contributed by atoms with Gasteiger partial charge in [-0.15, -0.1) is 0 Å². The summed E-state index contributed by atoms with van der Waals surface area (Å²) in [5.41, 5.74) is 3.12. The summed E-state index contributed by atoms with van der Waals surface area (Å²) < 4.78 is 25.6. The lowest BCUT2D eigenvalue weighted by Gasteiger charge is -2.31. The second-order valence-corrected chi connectivity index (χ2v) is 10.1. The second-order valence-electron chi connectivity index (χ2n) is 8.14. The second kappa shape index (κ2) is 8.39. The van der Waals surface area contributed by atoms with Crippen molar-refractivity contribution in [1.29, 1.82) is 0 Å². The fraction of sp³-hybridized carbons (Fsp3) is 0.318. The van der Waals surface area contributed by atoms with Crippen LogP contribution in [0.3, 0.4) is 0 Å². The van der Waals surface area contributed by atoms with Crippen molar-refractivity contribution in [3.63, 3.8) is 0 Å². The van der Waals surface area contributed by atoms with Gasteiger partial charge < -0.3 is 10.2 Å². The Morgan fingerprint density at radius 1 is 1.03 bits per heavy atom. The van der Waals surface area contributed by atoms with Crippen molar-refractivity contribution in [2.75, 3.05) is 29.6 Å². The number of rotatable bonds is 5. The number of pyridine rings is 1. The summed E-state index contributed by atoms with van der Waals surface area (Å²) in [5.74, 6) is 1.74. The minimum Gasteiger partial charge on any atom is -0.341 e. The highest BCUT2D eigenvalue weighted by Crippen LogP contribution is 2.31. The third-order valence-electron chi connectivity index (χ3n) is 5.90. The first-order valence-electron chi connectivity index (χ1n) is 10.7. The topological polar surface area (TPSA) is 118 Å². The molecule has 4 aromatic heterocycles. The molecular formula is C22H24N8O2S. The maximum Gasteiger partial charge on any atom is 0.225 e. The van der Waals surface area contributed by atoms with Crippen LogP contribution >= 0.6 is 0 Å². The van der Waals surface area contributed by atoms with Gasteiger partial charge in [-0.1, -0.05) is 0 Å². The molecule has 0 aliphatic carbocycles. The molecule has 1 aliphatic rings. The molecule has 0 atom stereocenters. The minimum absolute atomic E-state index is 0.0482. The maximum atomic E-state index is 11.8. The lowest BCUT2D eigenvalue weighted by atomic mass is 9.94. The summed E-state index contributed by atoms with van der Waals surface area (Å²) in [5, 5.41) is 3.31. The van der Waals surface area contributed by atoms with Crippen LogP contribution < -0.4 is 10.2 Å². The highest BCUT2D eigenvalue weighted by atomic mass is 32.2. The van der Waals surface area contributed by atoms with Crippen molar-refractivity contribution in [3.8, 4) is 0 Å². The highest BCUT2D eigenvalue weighted by molar-refractivity contribution is 7.90. The molecule has 4 aromatic rings. The zero-order chi connectivity index (χ0) is 23.0. The van der Waals surface area contributed by atoms with Crippen LogP contribution in [0.5, 0.6) is 0 Å². The van der Waals surface area contributed by atoms with E-state index in [2.05, 4.69) is 39.5 Å². The van der Waals surface area contributed by atoms with E-state index in [1.807, 2.05) is 18.5 Å². The summed E-state index contributed by atoms with van der Waals surface area (Å²) in [6.45, 7) is 3.53. The van der Waals surface area contributed by atoms with Gasteiger partial charge in [0.2, 0.25) is 5.95 Å². The number of hydrogen-bond donors (Lipinski definition) is 1. The summed E-state index contributed by atoms with van der Waals surface area (Å²) in [4.78, 5) is 24.2. The molecule has 1 saturated heterocycles. The molecule has 1 aliphatic heterocycles. The Morgan fingerprint density at radius 2 is 1.79 bits per heavy atom. The molecular weight excluding hydrogens is 440 g/mol. The Balaban J connectivity index is 1.37. The summed E-state index contributed by atoms with van der Waals surface area (Å²) >= 11 is 0. The minimum atomic E-state index is -3.36. The Kier molecular flexibility index (Phi) is 5.41. The molecule has 0 radical (unpaired) electrons. The van der Waals surface area contributed by atoms with Gasteiger partial charge in [0.15, 0.2) is 26.3 Å². The Labute approximate surface area is 191 Å². The van der Waals surface area contributed by atoms with Crippen LogP contribution in [0, 0.1) is 6.92 Å². The molecule has 0 unspecified atom stereocenters. The average molecular weight is 465 g/mol. The van der Waals surface area contributed by atoms with E-state index in [0.717, 1.165) is 43.8 Å². The lowest BCUT2D eigenvalue weighted by Crippen LogP contribution is -2.34. The van der Waals surface area contributed by atoms with E-state index in [1.165, 1.54) is 6.07 Å². The molecule has 33 heavy (non-hydrogen) atoms. The third kappa shape index (κ3) is 4.23. The molecule has 170 valence electrons. The molecule has 1 fully saturated rings. The molecule has 11 heteroatoms. The van der Waals surface area contributed by atoms with E-state index >= 15 is 0 Å². The predicted octanol–water partition coefficient (Wildman–Crippen LogP) is 2.75. The molecule has 1 N–H and O–H groups in total. The Hall–Kier alpha value is -3.60. The fourth-order valence-corrected chi connectivity index (χ4v) is 4.78. The highest BCUT2D eigenvalue weighted by Gasteiger charge is 2.25. The zero-order valence-corrected chi connectivity index (χ0v) is 19.2. The quantitative estimate of drug-likeness (QED) is 0.475. The molecule has 0 aromatic carbocycles. The number of fused-ring (bicyclic) bond motifs is 1. The van der Waals surface area contributed by atoms with Gasteiger partial charge in [0.25, 0.3) is 0 Å². The van der Waals surface area contributed by atoms with Crippen LogP contribution in [0.15, 0.2) is 54.2 Å². The number of sulfone groups is 1. The van der Waals surface area contributed by atoms with E-state index < -0.39 is 9.84 Å². The van der Waals surface area contributed by atoms with Crippen LogP contribution in [-0.2, 0) is 9.84 Å². The SMILES string of the molecule is Cc1nc(S(C)(=O)=O)ccc1Nc1nccn2c(C3CCN(c4ncccn4)CC3)cnc12. The van der Waals surface area contributed by atoms with Gasteiger partial charge in [0.1, 0.15) is 0 Å². The van der Waals surface area contributed by atoms with Gasteiger partial charge in [-0.2, -0.15) is 0 Å². The van der Waals surface area contributed by atoms with Gasteiger partial charge in [-0.25, -0.2) is 33.3 Å². The Morgan fingerprint density at radius 3 is 2.48 bits per heavy atom. The van der Waals surface area contributed by atoms with Crippen molar-refractivity contribution >= 4 is 32.9 Å². The van der Waals surface area contributed by atoms with E-state index in [0.29, 0.717) is 28.8 Å². The molecule has 0 amide bonds. The number of aromatic nitrogens is 6. The average Bonchev–Trinajstić information content (AvgIpc) is 3.25. The first-order valence-corrected chi connectivity index (χ1v) is 12.6. The molecule has 10 nitrogen and oxygen atoms in total. The van der Waals surface area contributed by atoms with Crippen LogP contribution in [-0.4, -0.2) is 57.1 Å². The number of nitrogens with one attached hydrogen (secondary N) is 1. The molecule has 0 bridgehead atoms. The van der Waals surface area contributed by atoms with Crippen molar-refractivity contribution in [2.45, 2.75) is 30.7 Å². The van der Waals surface area contributed by atoms with E-state index in [4.69, 9.17) is 0 Å². The first-order chi connectivity index (χ1) is 15.9. The first kappa shape index (κ1) is 21.3. The molecule has 5 heterocycles. The number of imidazole rings is 1.